The molecule has 5 heteroatoms. The smallest absolute Gasteiger partial charge is 0.449 e. The van der Waals surface area contributed by atoms with Crippen molar-refractivity contribution in [2.24, 2.45) is 0 Å². The van der Waals surface area contributed by atoms with E-state index < -0.39 is 13.3 Å². The summed E-state index contributed by atoms with van der Waals surface area (Å²) in [6, 6.07) is 4.65. The summed E-state index contributed by atoms with van der Waals surface area (Å²) in [5, 5.41) is 0. The Kier molecular flexibility index (Phi) is 2.40. The summed E-state index contributed by atoms with van der Waals surface area (Å²) >= 11 is 0. The van der Waals surface area contributed by atoms with Crippen LogP contribution in [-0.2, 0) is 6.32 Å². The third-order valence-corrected chi connectivity index (χ3v) is 1.39. The molecule has 0 radical (unpaired) electrons. The van der Waals surface area contributed by atoms with Gasteiger partial charge in [0.2, 0.25) is 0 Å². The van der Waals surface area contributed by atoms with Crippen LogP contribution in [0.2, 0.25) is 0 Å². The van der Waals surface area contributed by atoms with Crippen LogP contribution in [-0.4, -0.2) is 12.0 Å². The number of pyridine rings is 1. The fourth-order valence-electron chi connectivity index (χ4n) is 0.950. The molecule has 0 spiro atoms. The van der Waals surface area contributed by atoms with E-state index in [1.165, 1.54) is 6.07 Å². The van der Waals surface area contributed by atoms with E-state index >= 15 is 0 Å². The lowest BCUT2D eigenvalue weighted by atomic mass is 9.84. The molecule has 1 rings (SSSR count). The van der Waals surface area contributed by atoms with Crippen molar-refractivity contribution >= 4 is 6.98 Å². The largest absolute Gasteiger partial charge is 0.484 e. The molecule has 0 N–H and O–H groups in total. The summed E-state index contributed by atoms with van der Waals surface area (Å²) < 4.78 is 35.7. The second-order valence-corrected chi connectivity index (χ2v) is 2.68. The Morgan fingerprint density at radius 1 is 1.33 bits per heavy atom. The van der Waals surface area contributed by atoms with Crippen molar-refractivity contribution in [3.63, 3.8) is 0 Å². The molecule has 0 fully saturated rings. The summed E-state index contributed by atoms with van der Waals surface area (Å²) in [5.41, 5.74) is 0.718. The maximum absolute atomic E-state index is 11.9. The van der Waals surface area contributed by atoms with Gasteiger partial charge < -0.3 is 12.9 Å². The van der Waals surface area contributed by atoms with Gasteiger partial charge in [0.05, 0.1) is 0 Å². The lowest BCUT2D eigenvalue weighted by molar-refractivity contribution is 0.467. The van der Waals surface area contributed by atoms with Crippen molar-refractivity contribution in [3.05, 3.63) is 29.6 Å². The molecule has 66 valence electrons. The highest BCUT2D eigenvalue weighted by atomic mass is 19.4. The molecule has 1 aromatic rings. The molecular weight excluding hydrogens is 166 g/mol. The lowest BCUT2D eigenvalue weighted by Gasteiger charge is -2.12. The van der Waals surface area contributed by atoms with Gasteiger partial charge in [0.25, 0.3) is 0 Å². The van der Waals surface area contributed by atoms with Gasteiger partial charge in [-0.1, -0.05) is 6.07 Å². The molecule has 0 bridgehead atoms. The van der Waals surface area contributed by atoms with E-state index in [-0.39, 0.29) is 5.69 Å². The number of aryl methyl sites for hydroxylation is 1. The molecule has 12 heavy (non-hydrogen) atoms. The first-order valence-corrected chi connectivity index (χ1v) is 3.61. The topological polar surface area (TPSA) is 12.9 Å². The van der Waals surface area contributed by atoms with E-state index in [4.69, 9.17) is 0 Å². The normalized spacial score (nSPS) is 11.7. The van der Waals surface area contributed by atoms with Gasteiger partial charge in [-0.2, -0.15) is 0 Å². The predicted octanol–water partition coefficient (Wildman–Crippen LogP) is 2.32. The van der Waals surface area contributed by atoms with Crippen molar-refractivity contribution in [3.8, 4) is 0 Å². The zero-order valence-corrected chi connectivity index (χ0v) is 6.60. The summed E-state index contributed by atoms with van der Waals surface area (Å²) in [6.45, 7) is -3.09. The van der Waals surface area contributed by atoms with Gasteiger partial charge in [0.15, 0.2) is 0 Å². The Morgan fingerprint density at radius 3 is 2.50 bits per heavy atom. The van der Waals surface area contributed by atoms with Crippen LogP contribution >= 0.6 is 0 Å². The fourth-order valence-corrected chi connectivity index (χ4v) is 0.950. The fraction of sp³-hybridized carbons (Fsp3) is 0.286. The van der Waals surface area contributed by atoms with Crippen molar-refractivity contribution in [1.29, 1.82) is 0 Å². The highest BCUT2D eigenvalue weighted by molar-refractivity contribution is 6.57. The van der Waals surface area contributed by atoms with Gasteiger partial charge in [-0.15, -0.1) is 0 Å². The summed E-state index contributed by atoms with van der Waals surface area (Å²) in [5.74, 6) is 0. The highest BCUT2D eigenvalue weighted by Crippen LogP contribution is 2.14. The Labute approximate surface area is 68.7 Å². The second-order valence-electron chi connectivity index (χ2n) is 2.68. The Hall–Kier alpha value is -0.995. The predicted molar refractivity (Wildman–Crippen MR) is 41.8 cm³/mol. The van der Waals surface area contributed by atoms with Crippen LogP contribution in [0.1, 0.15) is 11.4 Å². The quantitative estimate of drug-likeness (QED) is 0.626. The number of halogens is 3. The number of rotatable bonds is 2. The van der Waals surface area contributed by atoms with Crippen molar-refractivity contribution < 1.29 is 12.9 Å². The lowest BCUT2D eigenvalue weighted by Crippen LogP contribution is -2.20. The number of aromatic nitrogens is 1. The van der Waals surface area contributed by atoms with Gasteiger partial charge in [-0.25, -0.2) is 0 Å². The van der Waals surface area contributed by atoms with Crippen LogP contribution in [0.15, 0.2) is 18.2 Å². The van der Waals surface area contributed by atoms with Crippen LogP contribution in [0.25, 0.3) is 0 Å². The Bertz CT molecular complexity index is 272. The van der Waals surface area contributed by atoms with Crippen LogP contribution in [0.3, 0.4) is 0 Å². The SMILES string of the molecule is Cc1cccc(C[B-](F)(F)F)n1. The summed E-state index contributed by atoms with van der Waals surface area (Å²) in [7, 11) is 0. The van der Waals surface area contributed by atoms with Crippen molar-refractivity contribution in [2.45, 2.75) is 13.2 Å². The van der Waals surface area contributed by atoms with Gasteiger partial charge in [-0.05, 0) is 25.4 Å². The number of hydrogen-bond donors (Lipinski definition) is 0. The molecule has 0 atom stereocenters. The molecule has 1 nitrogen and oxygen atoms in total. The van der Waals surface area contributed by atoms with E-state index in [0.717, 1.165) is 0 Å². The Balaban J connectivity index is 2.77. The molecular formula is C7H8BF3N-. The molecule has 0 aliphatic rings. The first-order valence-electron chi connectivity index (χ1n) is 3.61. The van der Waals surface area contributed by atoms with E-state index in [1.54, 1.807) is 19.1 Å². The molecule has 0 saturated carbocycles. The number of nitrogens with zero attached hydrogens (tertiary/aromatic N) is 1. The van der Waals surface area contributed by atoms with Gasteiger partial charge in [0.1, 0.15) is 0 Å². The van der Waals surface area contributed by atoms with E-state index in [1.807, 2.05) is 0 Å². The molecule has 0 saturated heterocycles. The summed E-state index contributed by atoms with van der Waals surface area (Å²) in [6.07, 6.45) is -0.887. The minimum absolute atomic E-state index is 0.0995. The molecule has 0 aliphatic heterocycles. The highest BCUT2D eigenvalue weighted by Gasteiger charge is 2.23. The van der Waals surface area contributed by atoms with Crippen molar-refractivity contribution in [1.82, 2.24) is 4.98 Å². The van der Waals surface area contributed by atoms with Crippen LogP contribution in [0.5, 0.6) is 0 Å². The van der Waals surface area contributed by atoms with Gasteiger partial charge in [0, 0.05) is 11.4 Å². The van der Waals surface area contributed by atoms with Crippen LogP contribution in [0, 0.1) is 6.92 Å². The minimum Gasteiger partial charge on any atom is -0.449 e. The van der Waals surface area contributed by atoms with Crippen LogP contribution in [0.4, 0.5) is 12.9 Å². The van der Waals surface area contributed by atoms with E-state index in [2.05, 4.69) is 4.98 Å². The molecule has 0 unspecified atom stereocenters. The minimum atomic E-state index is -4.76. The van der Waals surface area contributed by atoms with Gasteiger partial charge in [-0.3, -0.25) is 4.98 Å². The average molecular weight is 174 g/mol. The summed E-state index contributed by atoms with van der Waals surface area (Å²) in [4.78, 5) is 3.75. The second kappa shape index (κ2) is 3.17. The van der Waals surface area contributed by atoms with E-state index in [0.29, 0.717) is 5.69 Å². The molecule has 1 heterocycles. The third-order valence-electron chi connectivity index (χ3n) is 1.39. The zero-order valence-electron chi connectivity index (χ0n) is 6.60. The Morgan fingerprint density at radius 2 is 2.00 bits per heavy atom. The molecule has 0 amide bonds. The third kappa shape index (κ3) is 2.94. The first kappa shape index (κ1) is 9.10. The standard InChI is InChI=1S/C7H8BF3N/c1-6-3-2-4-7(12-6)5-8(9,10)11/h2-4H,5H2,1H3/q-1. The molecule has 0 aromatic carbocycles. The molecule has 0 aliphatic carbocycles. The van der Waals surface area contributed by atoms with E-state index in [9.17, 15) is 12.9 Å². The maximum atomic E-state index is 11.9. The zero-order chi connectivity index (χ0) is 9.19. The van der Waals surface area contributed by atoms with Gasteiger partial charge >= 0.3 is 6.98 Å². The maximum Gasteiger partial charge on any atom is 0.484 e. The number of hydrogen-bond acceptors (Lipinski definition) is 1. The molecule has 1 aromatic heterocycles. The van der Waals surface area contributed by atoms with Crippen molar-refractivity contribution in [2.75, 3.05) is 0 Å². The first-order chi connectivity index (χ1) is 5.47. The average Bonchev–Trinajstić information content (AvgIpc) is 1.82. The van der Waals surface area contributed by atoms with Crippen LogP contribution < -0.4 is 0 Å². The monoisotopic (exact) mass is 174 g/mol.